The van der Waals surface area contributed by atoms with Crippen LogP contribution in [0.4, 0.5) is 0 Å². The Morgan fingerprint density at radius 1 is 1.43 bits per heavy atom. The first-order chi connectivity index (χ1) is 6.62. The maximum absolute atomic E-state index is 5.73. The summed E-state index contributed by atoms with van der Waals surface area (Å²) in [5.74, 6) is 0.979. The van der Waals surface area contributed by atoms with Crippen molar-refractivity contribution < 1.29 is 4.74 Å². The second kappa shape index (κ2) is 2.34. The predicted molar refractivity (Wildman–Crippen MR) is 52.0 cm³/mol. The van der Waals surface area contributed by atoms with Crippen LogP contribution in [0.15, 0.2) is 12.3 Å². The van der Waals surface area contributed by atoms with Crippen molar-refractivity contribution in [3.63, 3.8) is 0 Å². The van der Waals surface area contributed by atoms with E-state index in [0.29, 0.717) is 0 Å². The van der Waals surface area contributed by atoms with Gasteiger partial charge in [0.05, 0.1) is 17.6 Å². The van der Waals surface area contributed by atoms with Crippen molar-refractivity contribution in [3.8, 4) is 0 Å². The highest BCUT2D eigenvalue weighted by Gasteiger charge is 2.62. The molecule has 0 N–H and O–H groups in total. The molecular weight excluding hydrogens is 176 g/mol. The standard InChI is InChI=1S/C11H14N2O/c1-8-3-4-12-9(13-8)11-5-10(2,6-11)14-7-11/h3-4H,5-7H2,1-2H3. The van der Waals surface area contributed by atoms with E-state index < -0.39 is 0 Å². The lowest BCUT2D eigenvalue weighted by Gasteiger charge is -2.41. The Balaban J connectivity index is 1.98. The van der Waals surface area contributed by atoms with Crippen molar-refractivity contribution in [1.82, 2.24) is 9.97 Å². The molecule has 3 heterocycles. The van der Waals surface area contributed by atoms with Crippen molar-refractivity contribution in [2.24, 2.45) is 0 Å². The van der Waals surface area contributed by atoms with E-state index in [2.05, 4.69) is 16.9 Å². The Bertz CT molecular complexity index is 383. The highest BCUT2D eigenvalue weighted by molar-refractivity contribution is 5.25. The first kappa shape index (κ1) is 8.36. The lowest BCUT2D eigenvalue weighted by molar-refractivity contribution is 0.0149. The van der Waals surface area contributed by atoms with E-state index in [0.717, 1.165) is 31.0 Å². The van der Waals surface area contributed by atoms with Crippen LogP contribution in [-0.2, 0) is 10.2 Å². The number of aryl methyl sites for hydroxylation is 1. The summed E-state index contributed by atoms with van der Waals surface area (Å²) in [6, 6.07) is 1.94. The number of fused-ring (bicyclic) bond motifs is 1. The van der Waals surface area contributed by atoms with E-state index in [1.54, 1.807) is 0 Å². The Labute approximate surface area is 83.5 Å². The van der Waals surface area contributed by atoms with Crippen LogP contribution >= 0.6 is 0 Å². The molecule has 1 aliphatic carbocycles. The lowest BCUT2D eigenvalue weighted by Crippen LogP contribution is -2.45. The van der Waals surface area contributed by atoms with Crippen molar-refractivity contribution in [3.05, 3.63) is 23.8 Å². The summed E-state index contributed by atoms with van der Waals surface area (Å²) in [5.41, 5.74) is 1.30. The van der Waals surface area contributed by atoms with Gasteiger partial charge in [0.15, 0.2) is 0 Å². The molecule has 0 radical (unpaired) electrons. The summed E-state index contributed by atoms with van der Waals surface area (Å²) in [6.45, 7) is 4.98. The summed E-state index contributed by atoms with van der Waals surface area (Å²) in [5, 5.41) is 0. The van der Waals surface area contributed by atoms with Gasteiger partial charge in [-0.3, -0.25) is 0 Å². The molecule has 0 unspecified atom stereocenters. The van der Waals surface area contributed by atoms with Gasteiger partial charge in [-0.2, -0.15) is 0 Å². The SMILES string of the molecule is Cc1ccnc(C23COC(C)(C2)C3)n1. The van der Waals surface area contributed by atoms with Crippen molar-refractivity contribution in [1.29, 1.82) is 0 Å². The van der Waals surface area contributed by atoms with Gasteiger partial charge in [0, 0.05) is 11.9 Å². The third kappa shape index (κ3) is 0.960. The van der Waals surface area contributed by atoms with Crippen LogP contribution in [0.25, 0.3) is 0 Å². The van der Waals surface area contributed by atoms with Crippen LogP contribution in [0.1, 0.15) is 31.3 Å². The predicted octanol–water partition coefficient (Wildman–Crippen LogP) is 1.61. The second-order valence-electron chi connectivity index (χ2n) is 4.89. The van der Waals surface area contributed by atoms with E-state index in [1.165, 1.54) is 0 Å². The first-order valence-electron chi connectivity index (χ1n) is 5.06. The highest BCUT2D eigenvalue weighted by Crippen LogP contribution is 2.57. The lowest BCUT2D eigenvalue weighted by atomic mass is 9.63. The van der Waals surface area contributed by atoms with Gasteiger partial charge in [0.25, 0.3) is 0 Å². The molecule has 3 aliphatic rings. The molecule has 0 atom stereocenters. The molecule has 74 valence electrons. The quantitative estimate of drug-likeness (QED) is 0.674. The number of nitrogens with zero attached hydrogens (tertiary/aromatic N) is 2. The second-order valence-corrected chi connectivity index (χ2v) is 4.89. The average molecular weight is 190 g/mol. The van der Waals surface area contributed by atoms with E-state index in [-0.39, 0.29) is 11.0 Å². The Hall–Kier alpha value is -0.960. The maximum atomic E-state index is 5.73. The largest absolute Gasteiger partial charge is 0.374 e. The minimum absolute atomic E-state index is 0.118. The van der Waals surface area contributed by atoms with Gasteiger partial charge in [-0.15, -0.1) is 0 Å². The molecule has 2 aliphatic heterocycles. The Morgan fingerprint density at radius 3 is 2.79 bits per heavy atom. The van der Waals surface area contributed by atoms with E-state index in [1.807, 2.05) is 19.2 Å². The van der Waals surface area contributed by atoms with E-state index in [9.17, 15) is 0 Å². The third-order valence-corrected chi connectivity index (χ3v) is 3.39. The smallest absolute Gasteiger partial charge is 0.137 e. The van der Waals surface area contributed by atoms with Crippen LogP contribution in [-0.4, -0.2) is 22.2 Å². The number of hydrogen-bond acceptors (Lipinski definition) is 3. The summed E-state index contributed by atoms with van der Waals surface area (Å²) in [4.78, 5) is 8.88. The molecule has 3 heteroatoms. The van der Waals surface area contributed by atoms with Gasteiger partial charge in [-0.1, -0.05) is 0 Å². The molecule has 1 aromatic heterocycles. The zero-order valence-electron chi connectivity index (χ0n) is 8.58. The van der Waals surface area contributed by atoms with Gasteiger partial charge >= 0.3 is 0 Å². The summed E-state index contributed by atoms with van der Waals surface area (Å²) in [6.07, 6.45) is 4.02. The minimum Gasteiger partial charge on any atom is -0.374 e. The normalized spacial score (nSPS) is 39.6. The van der Waals surface area contributed by atoms with Crippen LogP contribution < -0.4 is 0 Å². The van der Waals surface area contributed by atoms with Crippen molar-refractivity contribution in [2.75, 3.05) is 6.61 Å². The van der Waals surface area contributed by atoms with Crippen LogP contribution in [0.2, 0.25) is 0 Å². The molecule has 2 saturated heterocycles. The van der Waals surface area contributed by atoms with E-state index >= 15 is 0 Å². The minimum atomic E-state index is 0.118. The third-order valence-electron chi connectivity index (χ3n) is 3.39. The van der Waals surface area contributed by atoms with Crippen molar-refractivity contribution in [2.45, 2.75) is 37.7 Å². The Kier molecular flexibility index (Phi) is 1.40. The average Bonchev–Trinajstić information content (AvgIpc) is 2.59. The molecule has 3 fully saturated rings. The Morgan fingerprint density at radius 2 is 2.21 bits per heavy atom. The number of hydrogen-bond donors (Lipinski definition) is 0. The van der Waals surface area contributed by atoms with E-state index in [4.69, 9.17) is 4.74 Å². The molecule has 1 saturated carbocycles. The fourth-order valence-electron chi connectivity index (χ4n) is 2.82. The van der Waals surface area contributed by atoms with Gasteiger partial charge in [-0.25, -0.2) is 9.97 Å². The molecule has 3 nitrogen and oxygen atoms in total. The molecule has 0 amide bonds. The maximum Gasteiger partial charge on any atom is 0.137 e. The first-order valence-corrected chi connectivity index (χ1v) is 5.06. The topological polar surface area (TPSA) is 35.0 Å². The zero-order valence-corrected chi connectivity index (χ0v) is 8.58. The van der Waals surface area contributed by atoms with Gasteiger partial charge < -0.3 is 4.74 Å². The van der Waals surface area contributed by atoms with Gasteiger partial charge in [-0.05, 0) is 32.8 Å². The van der Waals surface area contributed by atoms with Gasteiger partial charge in [0.2, 0.25) is 0 Å². The van der Waals surface area contributed by atoms with Crippen LogP contribution in [0.5, 0.6) is 0 Å². The zero-order chi connectivity index (χ0) is 9.81. The molecule has 4 rings (SSSR count). The summed E-state index contributed by atoms with van der Waals surface area (Å²) < 4.78 is 5.73. The van der Waals surface area contributed by atoms with Crippen molar-refractivity contribution >= 4 is 0 Å². The van der Waals surface area contributed by atoms with Gasteiger partial charge in [0.1, 0.15) is 5.82 Å². The fraction of sp³-hybridized carbons (Fsp3) is 0.636. The number of rotatable bonds is 1. The number of ether oxygens (including phenoxy) is 1. The van der Waals surface area contributed by atoms with Crippen LogP contribution in [0.3, 0.4) is 0 Å². The molecule has 0 spiro atoms. The monoisotopic (exact) mass is 190 g/mol. The van der Waals surface area contributed by atoms with Crippen LogP contribution in [0, 0.1) is 6.92 Å². The summed E-state index contributed by atoms with van der Waals surface area (Å²) in [7, 11) is 0. The fourth-order valence-corrected chi connectivity index (χ4v) is 2.82. The molecule has 14 heavy (non-hydrogen) atoms. The highest BCUT2D eigenvalue weighted by atomic mass is 16.5. The molecule has 2 bridgehead atoms. The summed E-state index contributed by atoms with van der Waals surface area (Å²) >= 11 is 0. The number of aromatic nitrogens is 2. The molecular formula is C11H14N2O. The molecule has 0 aromatic carbocycles. The molecule has 1 aromatic rings.